The van der Waals surface area contributed by atoms with Gasteiger partial charge in [-0.2, -0.15) is 0 Å². The smallest absolute Gasteiger partial charge is 0.306 e. The van der Waals surface area contributed by atoms with Gasteiger partial charge in [-0.15, -0.1) is 0 Å². The van der Waals surface area contributed by atoms with E-state index in [1.165, 1.54) is 167 Å². The summed E-state index contributed by atoms with van der Waals surface area (Å²) in [4.78, 5) is 37.9. The van der Waals surface area contributed by atoms with Gasteiger partial charge in [-0.3, -0.25) is 14.4 Å². The fraction of sp³-hybridized carbons (Fsp3) is 0.941. The van der Waals surface area contributed by atoms with Crippen LogP contribution in [0.4, 0.5) is 0 Å². The highest BCUT2D eigenvalue weighted by Crippen LogP contribution is 2.18. The minimum Gasteiger partial charge on any atom is -0.462 e. The SMILES string of the molecule is CCCCCCCCCCCCCCCCCC(=O)OC[C@H](COC(=O)CCCCCCCCCCCCC(C)CC)OC(=O)CCCCCCCCCC(C)C. The van der Waals surface area contributed by atoms with Crippen molar-refractivity contribution >= 4 is 17.9 Å². The van der Waals surface area contributed by atoms with Crippen LogP contribution in [0.25, 0.3) is 0 Å². The first-order chi connectivity index (χ1) is 27.8. The Hall–Kier alpha value is -1.59. The molecule has 0 saturated heterocycles. The van der Waals surface area contributed by atoms with Crippen molar-refractivity contribution in [2.24, 2.45) is 11.8 Å². The minimum atomic E-state index is -0.762. The molecular formula is C51H98O6. The normalized spacial score (nSPS) is 12.5. The highest BCUT2D eigenvalue weighted by atomic mass is 16.6. The molecule has 0 spiro atoms. The lowest BCUT2D eigenvalue weighted by atomic mass is 9.99. The van der Waals surface area contributed by atoms with Gasteiger partial charge in [0.15, 0.2) is 6.10 Å². The summed E-state index contributed by atoms with van der Waals surface area (Å²) in [5.41, 5.74) is 0. The van der Waals surface area contributed by atoms with E-state index in [9.17, 15) is 14.4 Å². The van der Waals surface area contributed by atoms with Crippen LogP contribution in [0, 0.1) is 11.8 Å². The quantitative estimate of drug-likeness (QED) is 0.0346. The molecule has 0 aromatic rings. The van der Waals surface area contributed by atoms with E-state index in [0.29, 0.717) is 19.3 Å². The van der Waals surface area contributed by atoms with E-state index >= 15 is 0 Å². The fourth-order valence-corrected chi connectivity index (χ4v) is 7.60. The molecule has 2 atom stereocenters. The Bertz CT molecular complexity index is 872. The van der Waals surface area contributed by atoms with E-state index in [1.54, 1.807) is 0 Å². The molecule has 0 radical (unpaired) electrons. The van der Waals surface area contributed by atoms with Gasteiger partial charge in [0.2, 0.25) is 0 Å². The summed E-state index contributed by atoms with van der Waals surface area (Å²) in [5.74, 6) is 0.794. The Kier molecular flexibility index (Phi) is 42.7. The number of carbonyl (C=O) groups is 3. The molecule has 1 unspecified atom stereocenters. The Morgan fingerprint density at radius 3 is 1.00 bits per heavy atom. The number of esters is 3. The summed E-state index contributed by atoms with van der Waals surface area (Å²) in [6.07, 6.45) is 43.7. The first kappa shape index (κ1) is 55.4. The van der Waals surface area contributed by atoms with Gasteiger partial charge in [-0.05, 0) is 31.1 Å². The second-order valence-corrected chi connectivity index (χ2v) is 18.2. The molecule has 0 aliphatic heterocycles. The molecule has 0 aromatic heterocycles. The molecule has 0 heterocycles. The monoisotopic (exact) mass is 807 g/mol. The van der Waals surface area contributed by atoms with Crippen LogP contribution in [0.3, 0.4) is 0 Å². The zero-order chi connectivity index (χ0) is 41.9. The Morgan fingerprint density at radius 2 is 0.667 bits per heavy atom. The predicted octanol–water partition coefficient (Wildman–Crippen LogP) is 16.1. The molecular weight excluding hydrogens is 709 g/mol. The van der Waals surface area contributed by atoms with Crippen molar-refractivity contribution in [2.75, 3.05) is 13.2 Å². The first-order valence-corrected chi connectivity index (χ1v) is 25.3. The number of hydrogen-bond acceptors (Lipinski definition) is 6. The molecule has 0 saturated carbocycles. The number of rotatable bonds is 45. The van der Waals surface area contributed by atoms with E-state index in [-0.39, 0.29) is 31.1 Å². The lowest BCUT2D eigenvalue weighted by Crippen LogP contribution is -2.30. The molecule has 6 heteroatoms. The summed E-state index contributed by atoms with van der Waals surface area (Å²) in [6.45, 7) is 11.3. The van der Waals surface area contributed by atoms with Crippen LogP contribution in [-0.2, 0) is 28.6 Å². The molecule has 0 aliphatic rings. The Morgan fingerprint density at radius 1 is 0.368 bits per heavy atom. The molecule has 0 aromatic carbocycles. The molecule has 6 nitrogen and oxygen atoms in total. The highest BCUT2D eigenvalue weighted by Gasteiger charge is 2.19. The largest absolute Gasteiger partial charge is 0.462 e. The van der Waals surface area contributed by atoms with Crippen LogP contribution < -0.4 is 0 Å². The molecule has 0 fully saturated rings. The third kappa shape index (κ3) is 43.8. The molecule has 0 amide bonds. The van der Waals surface area contributed by atoms with Crippen molar-refractivity contribution in [2.45, 2.75) is 285 Å². The van der Waals surface area contributed by atoms with Crippen molar-refractivity contribution in [1.82, 2.24) is 0 Å². The minimum absolute atomic E-state index is 0.0646. The summed E-state index contributed by atoms with van der Waals surface area (Å²) < 4.78 is 16.8. The summed E-state index contributed by atoms with van der Waals surface area (Å²) >= 11 is 0. The summed E-state index contributed by atoms with van der Waals surface area (Å²) in [6, 6.07) is 0. The lowest BCUT2D eigenvalue weighted by Gasteiger charge is -2.18. The molecule has 0 N–H and O–H groups in total. The van der Waals surface area contributed by atoms with Gasteiger partial charge in [0, 0.05) is 19.3 Å². The Balaban J connectivity index is 4.29. The van der Waals surface area contributed by atoms with Crippen LogP contribution in [0.2, 0.25) is 0 Å². The highest BCUT2D eigenvalue weighted by molar-refractivity contribution is 5.71. The second-order valence-electron chi connectivity index (χ2n) is 18.2. The standard InChI is InChI=1S/C51H98O6/c1-6-8-9-10-11-12-13-14-15-16-17-21-26-31-36-41-49(52)55-44-48(57-51(54)43-38-33-28-23-24-29-34-39-46(3)4)45-56-50(53)42-37-32-27-22-19-18-20-25-30-35-40-47(5)7-2/h46-48H,6-45H2,1-5H3/t47?,48-/m1/s1. The van der Waals surface area contributed by atoms with Gasteiger partial charge < -0.3 is 14.2 Å². The average Bonchev–Trinajstić information content (AvgIpc) is 3.19. The maximum atomic E-state index is 12.7. The maximum absolute atomic E-state index is 12.7. The van der Waals surface area contributed by atoms with Crippen molar-refractivity contribution in [1.29, 1.82) is 0 Å². The van der Waals surface area contributed by atoms with E-state index in [2.05, 4.69) is 34.6 Å². The topological polar surface area (TPSA) is 78.9 Å². The molecule has 338 valence electrons. The molecule has 0 bridgehead atoms. The van der Waals surface area contributed by atoms with Crippen LogP contribution in [0.5, 0.6) is 0 Å². The van der Waals surface area contributed by atoms with Crippen LogP contribution in [0.15, 0.2) is 0 Å². The van der Waals surface area contributed by atoms with Crippen molar-refractivity contribution in [3.63, 3.8) is 0 Å². The summed E-state index contributed by atoms with van der Waals surface area (Å²) in [7, 11) is 0. The first-order valence-electron chi connectivity index (χ1n) is 25.3. The van der Waals surface area contributed by atoms with E-state index in [1.807, 2.05) is 0 Å². The molecule has 0 aliphatic carbocycles. The lowest BCUT2D eigenvalue weighted by molar-refractivity contribution is -0.167. The number of carbonyl (C=O) groups excluding carboxylic acids is 3. The third-order valence-corrected chi connectivity index (χ3v) is 11.8. The van der Waals surface area contributed by atoms with Gasteiger partial charge in [-0.1, -0.05) is 240 Å². The maximum Gasteiger partial charge on any atom is 0.306 e. The Labute approximate surface area is 355 Å². The molecule has 0 rings (SSSR count). The second kappa shape index (κ2) is 44.0. The summed E-state index contributed by atoms with van der Waals surface area (Å²) in [5, 5.41) is 0. The van der Waals surface area contributed by atoms with Crippen molar-refractivity contribution in [3.05, 3.63) is 0 Å². The van der Waals surface area contributed by atoms with Gasteiger partial charge >= 0.3 is 17.9 Å². The predicted molar refractivity (Wildman–Crippen MR) is 243 cm³/mol. The zero-order valence-electron chi connectivity index (χ0n) is 39.0. The average molecular weight is 807 g/mol. The van der Waals surface area contributed by atoms with Gasteiger partial charge in [0.05, 0.1) is 0 Å². The van der Waals surface area contributed by atoms with Crippen molar-refractivity contribution < 1.29 is 28.6 Å². The van der Waals surface area contributed by atoms with E-state index in [4.69, 9.17) is 14.2 Å². The van der Waals surface area contributed by atoms with Crippen LogP contribution in [-0.4, -0.2) is 37.2 Å². The van der Waals surface area contributed by atoms with Gasteiger partial charge in [0.25, 0.3) is 0 Å². The number of unbranched alkanes of at least 4 members (excludes halogenated alkanes) is 29. The fourth-order valence-electron chi connectivity index (χ4n) is 7.60. The van der Waals surface area contributed by atoms with Gasteiger partial charge in [-0.25, -0.2) is 0 Å². The zero-order valence-corrected chi connectivity index (χ0v) is 39.0. The van der Waals surface area contributed by atoms with E-state index < -0.39 is 6.10 Å². The van der Waals surface area contributed by atoms with E-state index in [0.717, 1.165) is 69.6 Å². The number of ether oxygens (including phenoxy) is 3. The van der Waals surface area contributed by atoms with Crippen LogP contribution >= 0.6 is 0 Å². The van der Waals surface area contributed by atoms with Crippen LogP contribution in [0.1, 0.15) is 279 Å². The van der Waals surface area contributed by atoms with Crippen molar-refractivity contribution in [3.8, 4) is 0 Å². The number of hydrogen-bond donors (Lipinski definition) is 0. The third-order valence-electron chi connectivity index (χ3n) is 11.8. The van der Waals surface area contributed by atoms with Gasteiger partial charge in [0.1, 0.15) is 13.2 Å². The molecule has 57 heavy (non-hydrogen) atoms.